The molecule has 4 atom stereocenters. The quantitative estimate of drug-likeness (QED) is 0.833. The van der Waals surface area contributed by atoms with Gasteiger partial charge in [0, 0.05) is 5.69 Å². The van der Waals surface area contributed by atoms with Crippen LogP contribution >= 0.6 is 0 Å². The summed E-state index contributed by atoms with van der Waals surface area (Å²) in [5.41, 5.74) is -0.501. The number of amides is 1. The number of halogens is 1. The second-order valence-electron chi connectivity index (χ2n) is 5.46. The maximum Gasteiger partial charge on any atom is 0.310 e. The molecule has 5 nitrogen and oxygen atoms in total. The molecule has 2 aliphatic rings. The zero-order valence-electron chi connectivity index (χ0n) is 11.2. The van der Waals surface area contributed by atoms with Crippen LogP contribution in [0, 0.1) is 17.7 Å². The SMILES string of the molecule is C[C@@]12C=C[C@@H](O1)[C@@H](C(=O)O)[C@@H]2C(=O)Nc1ccc(F)cc1. The van der Waals surface area contributed by atoms with E-state index >= 15 is 0 Å². The number of ether oxygens (including phenoxy) is 1. The lowest BCUT2D eigenvalue weighted by atomic mass is 9.75. The molecular formula is C15H14FNO4. The first-order chi connectivity index (χ1) is 9.90. The number of benzene rings is 1. The van der Waals surface area contributed by atoms with Gasteiger partial charge in [0.05, 0.1) is 17.6 Å². The molecular weight excluding hydrogens is 277 g/mol. The second kappa shape index (κ2) is 4.66. The van der Waals surface area contributed by atoms with Crippen LogP contribution in [0.15, 0.2) is 36.4 Å². The molecule has 6 heteroatoms. The fourth-order valence-corrected chi connectivity index (χ4v) is 3.03. The largest absolute Gasteiger partial charge is 0.481 e. The number of carbonyl (C=O) groups excluding carboxylic acids is 1. The molecule has 2 N–H and O–H groups in total. The van der Waals surface area contributed by atoms with Crippen LogP contribution in [-0.2, 0) is 14.3 Å². The van der Waals surface area contributed by atoms with Gasteiger partial charge in [0.2, 0.25) is 5.91 Å². The molecule has 2 aliphatic heterocycles. The van der Waals surface area contributed by atoms with E-state index in [2.05, 4.69) is 5.32 Å². The summed E-state index contributed by atoms with van der Waals surface area (Å²) in [5.74, 6) is -3.65. The van der Waals surface area contributed by atoms with Crippen molar-refractivity contribution in [2.24, 2.45) is 11.8 Å². The Balaban J connectivity index is 1.84. The van der Waals surface area contributed by atoms with E-state index in [1.807, 2.05) is 0 Å². The van der Waals surface area contributed by atoms with Gasteiger partial charge in [-0.25, -0.2) is 4.39 Å². The highest BCUT2D eigenvalue weighted by atomic mass is 19.1. The van der Waals surface area contributed by atoms with E-state index in [0.717, 1.165) is 0 Å². The van der Waals surface area contributed by atoms with Crippen molar-refractivity contribution in [2.75, 3.05) is 5.32 Å². The fraction of sp³-hybridized carbons (Fsp3) is 0.333. The van der Waals surface area contributed by atoms with Gasteiger partial charge in [0.1, 0.15) is 11.7 Å². The minimum atomic E-state index is -1.06. The molecule has 1 aromatic carbocycles. The smallest absolute Gasteiger partial charge is 0.310 e. The van der Waals surface area contributed by atoms with Crippen LogP contribution in [0.1, 0.15) is 6.92 Å². The molecule has 0 spiro atoms. The van der Waals surface area contributed by atoms with Crippen molar-refractivity contribution < 1.29 is 23.8 Å². The number of carboxylic acid groups (broad SMARTS) is 1. The number of hydrogen-bond donors (Lipinski definition) is 2. The van der Waals surface area contributed by atoms with E-state index in [1.54, 1.807) is 19.1 Å². The lowest BCUT2D eigenvalue weighted by Crippen LogP contribution is -2.44. The van der Waals surface area contributed by atoms with E-state index in [1.165, 1.54) is 24.3 Å². The number of hydrogen-bond acceptors (Lipinski definition) is 3. The van der Waals surface area contributed by atoms with Crippen LogP contribution in [0.5, 0.6) is 0 Å². The third-order valence-electron chi connectivity index (χ3n) is 4.02. The Morgan fingerprint density at radius 1 is 1.33 bits per heavy atom. The Bertz CT molecular complexity index is 627. The van der Waals surface area contributed by atoms with Crippen molar-refractivity contribution in [3.63, 3.8) is 0 Å². The van der Waals surface area contributed by atoms with Crippen LogP contribution in [0.3, 0.4) is 0 Å². The molecule has 1 fully saturated rings. The summed E-state index contributed by atoms with van der Waals surface area (Å²) in [4.78, 5) is 23.8. The number of nitrogens with one attached hydrogen (secondary N) is 1. The minimum Gasteiger partial charge on any atom is -0.481 e. The summed E-state index contributed by atoms with van der Waals surface area (Å²) >= 11 is 0. The predicted molar refractivity (Wildman–Crippen MR) is 72.1 cm³/mol. The first-order valence-electron chi connectivity index (χ1n) is 6.57. The summed E-state index contributed by atoms with van der Waals surface area (Å²) in [7, 11) is 0. The zero-order valence-corrected chi connectivity index (χ0v) is 11.2. The molecule has 0 aliphatic carbocycles. The van der Waals surface area contributed by atoms with Gasteiger partial charge in [-0.15, -0.1) is 0 Å². The fourth-order valence-electron chi connectivity index (χ4n) is 3.03. The van der Waals surface area contributed by atoms with Crippen LogP contribution in [0.4, 0.5) is 10.1 Å². The van der Waals surface area contributed by atoms with Gasteiger partial charge in [-0.3, -0.25) is 9.59 Å². The number of fused-ring (bicyclic) bond motifs is 2. The average molecular weight is 291 g/mol. The van der Waals surface area contributed by atoms with Crippen molar-refractivity contribution in [3.05, 3.63) is 42.2 Å². The van der Waals surface area contributed by atoms with E-state index in [4.69, 9.17) is 4.74 Å². The van der Waals surface area contributed by atoms with Gasteiger partial charge in [-0.05, 0) is 31.2 Å². The number of anilines is 1. The summed E-state index contributed by atoms with van der Waals surface area (Å²) in [5, 5.41) is 12.0. The Labute approximate surface area is 120 Å². The number of rotatable bonds is 3. The maximum absolute atomic E-state index is 12.9. The molecule has 1 amide bonds. The van der Waals surface area contributed by atoms with Gasteiger partial charge in [-0.1, -0.05) is 12.2 Å². The van der Waals surface area contributed by atoms with Gasteiger partial charge >= 0.3 is 5.97 Å². The lowest BCUT2D eigenvalue weighted by Gasteiger charge is -2.27. The van der Waals surface area contributed by atoms with E-state index in [0.29, 0.717) is 5.69 Å². The van der Waals surface area contributed by atoms with Gasteiger partial charge < -0.3 is 15.2 Å². The van der Waals surface area contributed by atoms with Crippen molar-refractivity contribution in [1.82, 2.24) is 0 Å². The van der Waals surface area contributed by atoms with Gasteiger partial charge in [0.25, 0.3) is 0 Å². The Kier molecular flexibility index (Phi) is 3.06. The second-order valence-corrected chi connectivity index (χ2v) is 5.46. The van der Waals surface area contributed by atoms with Crippen molar-refractivity contribution >= 4 is 17.6 Å². The van der Waals surface area contributed by atoms with Gasteiger partial charge in [0.15, 0.2) is 0 Å². The van der Waals surface area contributed by atoms with Crippen molar-refractivity contribution in [3.8, 4) is 0 Å². The Morgan fingerprint density at radius 3 is 2.62 bits per heavy atom. The molecule has 1 saturated heterocycles. The van der Waals surface area contributed by atoms with Crippen LogP contribution in [0.25, 0.3) is 0 Å². The maximum atomic E-state index is 12.9. The lowest BCUT2D eigenvalue weighted by molar-refractivity contribution is -0.146. The highest BCUT2D eigenvalue weighted by Crippen LogP contribution is 2.47. The average Bonchev–Trinajstić information content (AvgIpc) is 2.94. The topological polar surface area (TPSA) is 75.6 Å². The third-order valence-corrected chi connectivity index (χ3v) is 4.02. The first kappa shape index (κ1) is 13.8. The minimum absolute atomic E-state index is 0.408. The Hall–Kier alpha value is -2.21. The van der Waals surface area contributed by atoms with E-state index in [-0.39, 0.29) is 0 Å². The summed E-state index contributed by atoms with van der Waals surface area (Å²) in [6.45, 7) is 1.70. The standard InChI is InChI=1S/C15H14FNO4/c1-15-7-6-10(21-15)11(14(19)20)12(15)13(18)17-9-4-2-8(16)3-5-9/h2-7,10-12H,1H3,(H,17,18)(H,19,20)/t10-,11-,12-,15+/m1/s1. The monoisotopic (exact) mass is 291 g/mol. The van der Waals surface area contributed by atoms with Crippen LogP contribution < -0.4 is 5.32 Å². The van der Waals surface area contributed by atoms with E-state index in [9.17, 15) is 19.1 Å². The molecule has 3 rings (SSSR count). The highest BCUT2D eigenvalue weighted by molar-refractivity contribution is 5.97. The molecule has 0 radical (unpaired) electrons. The number of carbonyl (C=O) groups is 2. The molecule has 110 valence electrons. The summed E-state index contributed by atoms with van der Waals surface area (Å²) in [6, 6.07) is 5.30. The van der Waals surface area contributed by atoms with Crippen molar-refractivity contribution in [1.29, 1.82) is 0 Å². The van der Waals surface area contributed by atoms with Crippen LogP contribution in [-0.4, -0.2) is 28.7 Å². The molecule has 2 bridgehead atoms. The number of aliphatic carboxylic acids is 1. The molecule has 21 heavy (non-hydrogen) atoms. The molecule has 0 saturated carbocycles. The highest BCUT2D eigenvalue weighted by Gasteiger charge is 2.59. The molecule has 1 aromatic rings. The molecule has 2 heterocycles. The Morgan fingerprint density at radius 2 is 2.00 bits per heavy atom. The molecule has 0 unspecified atom stereocenters. The zero-order chi connectivity index (χ0) is 15.2. The van der Waals surface area contributed by atoms with E-state index < -0.39 is 41.2 Å². The number of carboxylic acids is 1. The summed E-state index contributed by atoms with van der Waals surface area (Å²) in [6.07, 6.45) is 2.82. The summed E-state index contributed by atoms with van der Waals surface area (Å²) < 4.78 is 18.5. The van der Waals surface area contributed by atoms with Crippen LogP contribution in [0.2, 0.25) is 0 Å². The first-order valence-corrected chi connectivity index (χ1v) is 6.57. The normalized spacial score (nSPS) is 33.1. The van der Waals surface area contributed by atoms with Crippen molar-refractivity contribution in [2.45, 2.75) is 18.6 Å². The predicted octanol–water partition coefficient (Wildman–Crippen LogP) is 1.81. The molecule has 0 aromatic heterocycles. The third kappa shape index (κ3) is 2.21. The van der Waals surface area contributed by atoms with Gasteiger partial charge in [-0.2, -0.15) is 0 Å².